The molecule has 0 aromatic carbocycles. The number of nitrogens with one attached hydrogen (secondary N) is 1. The summed E-state index contributed by atoms with van der Waals surface area (Å²) in [7, 11) is 0. The molecule has 1 aliphatic rings. The van der Waals surface area contributed by atoms with E-state index in [1.54, 1.807) is 0 Å². The van der Waals surface area contributed by atoms with Crippen LogP contribution < -0.4 is 5.32 Å². The second kappa shape index (κ2) is 6.44. The lowest BCUT2D eigenvalue weighted by atomic mass is 10.1. The minimum atomic E-state index is -0.594. The van der Waals surface area contributed by atoms with Crippen molar-refractivity contribution in [3.8, 4) is 0 Å². The van der Waals surface area contributed by atoms with Crippen molar-refractivity contribution in [1.82, 2.24) is 10.3 Å². The van der Waals surface area contributed by atoms with E-state index in [1.807, 2.05) is 0 Å². The van der Waals surface area contributed by atoms with E-state index in [1.165, 1.54) is 18.7 Å². The van der Waals surface area contributed by atoms with Crippen molar-refractivity contribution in [3.05, 3.63) is 29.8 Å². The molecule has 0 bridgehead atoms. The van der Waals surface area contributed by atoms with Crippen LogP contribution in [0.1, 0.15) is 36.0 Å². The fourth-order valence-electron chi connectivity index (χ4n) is 2.04. The molecule has 0 aliphatic carbocycles. The molecule has 1 aromatic rings. The summed E-state index contributed by atoms with van der Waals surface area (Å²) in [5.41, 5.74) is 0.0366. The van der Waals surface area contributed by atoms with E-state index >= 15 is 0 Å². The van der Waals surface area contributed by atoms with E-state index in [0.29, 0.717) is 6.54 Å². The molecule has 2 heterocycles. The van der Waals surface area contributed by atoms with Crippen molar-refractivity contribution < 1.29 is 13.9 Å². The summed E-state index contributed by atoms with van der Waals surface area (Å²) in [4.78, 5) is 15.3. The van der Waals surface area contributed by atoms with Crippen LogP contribution in [-0.2, 0) is 4.74 Å². The van der Waals surface area contributed by atoms with Crippen LogP contribution in [0, 0.1) is 5.82 Å². The number of halogens is 1. The Morgan fingerprint density at radius 2 is 2.44 bits per heavy atom. The molecule has 98 valence electrons. The van der Waals surface area contributed by atoms with Crippen molar-refractivity contribution >= 4 is 5.91 Å². The van der Waals surface area contributed by atoms with Gasteiger partial charge in [-0.1, -0.05) is 0 Å². The number of hydrogen-bond acceptors (Lipinski definition) is 3. The first-order valence-corrected chi connectivity index (χ1v) is 6.26. The van der Waals surface area contributed by atoms with Gasteiger partial charge in [0.2, 0.25) is 0 Å². The highest BCUT2D eigenvalue weighted by Crippen LogP contribution is 2.15. The molecule has 1 amide bonds. The molecule has 0 saturated carbocycles. The molecule has 5 heteroatoms. The zero-order valence-electron chi connectivity index (χ0n) is 10.2. The van der Waals surface area contributed by atoms with Crippen LogP contribution in [-0.4, -0.2) is 30.1 Å². The van der Waals surface area contributed by atoms with E-state index in [2.05, 4.69) is 10.3 Å². The summed E-state index contributed by atoms with van der Waals surface area (Å²) in [5, 5.41) is 2.70. The molecule has 1 saturated heterocycles. The van der Waals surface area contributed by atoms with Gasteiger partial charge in [-0.15, -0.1) is 0 Å². The smallest absolute Gasteiger partial charge is 0.254 e. The van der Waals surface area contributed by atoms with E-state index in [-0.39, 0.29) is 11.7 Å². The van der Waals surface area contributed by atoms with E-state index in [0.717, 1.165) is 32.1 Å². The Hall–Kier alpha value is -1.49. The molecule has 0 radical (unpaired) electrons. The third kappa shape index (κ3) is 3.50. The molecule has 1 aliphatic heterocycles. The maximum Gasteiger partial charge on any atom is 0.254 e. The van der Waals surface area contributed by atoms with E-state index in [9.17, 15) is 9.18 Å². The Morgan fingerprint density at radius 1 is 1.56 bits per heavy atom. The quantitative estimate of drug-likeness (QED) is 0.890. The van der Waals surface area contributed by atoms with Crippen molar-refractivity contribution in [2.24, 2.45) is 0 Å². The summed E-state index contributed by atoms with van der Waals surface area (Å²) >= 11 is 0. The summed E-state index contributed by atoms with van der Waals surface area (Å²) in [6.45, 7) is 1.31. The van der Waals surface area contributed by atoms with Crippen LogP contribution in [0.25, 0.3) is 0 Å². The predicted octanol–water partition coefficient (Wildman–Crippen LogP) is 1.91. The zero-order chi connectivity index (χ0) is 12.8. The van der Waals surface area contributed by atoms with Gasteiger partial charge in [0.05, 0.1) is 17.9 Å². The normalized spacial score (nSPS) is 19.5. The molecule has 1 N–H and O–H groups in total. The number of nitrogens with zero attached hydrogens (tertiary/aromatic N) is 1. The minimum absolute atomic E-state index is 0.0366. The molecule has 1 unspecified atom stereocenters. The van der Waals surface area contributed by atoms with Crippen molar-refractivity contribution in [1.29, 1.82) is 0 Å². The zero-order valence-corrected chi connectivity index (χ0v) is 10.2. The lowest BCUT2D eigenvalue weighted by molar-refractivity contribution is 0.0117. The van der Waals surface area contributed by atoms with Gasteiger partial charge >= 0.3 is 0 Å². The first kappa shape index (κ1) is 13.0. The second-order valence-electron chi connectivity index (χ2n) is 4.39. The highest BCUT2D eigenvalue weighted by molar-refractivity contribution is 5.94. The lowest BCUT2D eigenvalue weighted by Crippen LogP contribution is -2.29. The number of rotatable bonds is 4. The van der Waals surface area contributed by atoms with Crippen molar-refractivity contribution in [2.75, 3.05) is 13.2 Å². The highest BCUT2D eigenvalue weighted by atomic mass is 19.1. The van der Waals surface area contributed by atoms with Crippen LogP contribution in [0.15, 0.2) is 18.5 Å². The Balaban J connectivity index is 1.76. The highest BCUT2D eigenvalue weighted by Gasteiger charge is 2.15. The fraction of sp³-hybridized carbons (Fsp3) is 0.538. The summed E-state index contributed by atoms with van der Waals surface area (Å²) in [6.07, 6.45) is 6.78. The second-order valence-corrected chi connectivity index (χ2v) is 4.39. The SMILES string of the molecule is O=C(NCCC1CCCCO1)c1ccncc1F. The maximum atomic E-state index is 13.3. The van der Waals surface area contributed by atoms with Gasteiger partial charge in [0.25, 0.3) is 5.91 Å². The summed E-state index contributed by atoms with van der Waals surface area (Å²) in [6, 6.07) is 1.38. The molecule has 1 fully saturated rings. The average Bonchev–Trinajstić information content (AvgIpc) is 2.40. The molecule has 0 spiro atoms. The van der Waals surface area contributed by atoms with Crippen LogP contribution in [0.4, 0.5) is 4.39 Å². The summed E-state index contributed by atoms with van der Waals surface area (Å²) < 4.78 is 18.8. The standard InChI is InChI=1S/C13H17FN2O2/c14-12-9-15-6-5-11(12)13(17)16-7-4-10-3-1-2-8-18-10/h5-6,9-10H,1-4,7-8H2,(H,16,17). The molecule has 2 rings (SSSR count). The largest absolute Gasteiger partial charge is 0.378 e. The van der Waals surface area contributed by atoms with Crippen LogP contribution >= 0.6 is 0 Å². The first-order chi connectivity index (χ1) is 8.77. The summed E-state index contributed by atoms with van der Waals surface area (Å²) in [5.74, 6) is -0.991. The number of carbonyl (C=O) groups excluding carboxylic acids is 1. The average molecular weight is 252 g/mol. The van der Waals surface area contributed by atoms with Gasteiger partial charge in [0.15, 0.2) is 5.82 Å². The Labute approximate surface area is 106 Å². The fourth-order valence-corrected chi connectivity index (χ4v) is 2.04. The van der Waals surface area contributed by atoms with Crippen molar-refractivity contribution in [2.45, 2.75) is 31.8 Å². The Kier molecular flexibility index (Phi) is 4.64. The number of amides is 1. The molecule has 1 aromatic heterocycles. The topological polar surface area (TPSA) is 51.2 Å². The van der Waals surface area contributed by atoms with Gasteiger partial charge < -0.3 is 10.1 Å². The third-order valence-electron chi connectivity index (χ3n) is 3.04. The number of ether oxygens (including phenoxy) is 1. The van der Waals surface area contributed by atoms with E-state index < -0.39 is 11.7 Å². The maximum absolute atomic E-state index is 13.3. The molecule has 4 nitrogen and oxygen atoms in total. The van der Waals surface area contributed by atoms with Gasteiger partial charge in [-0.2, -0.15) is 0 Å². The number of hydrogen-bond donors (Lipinski definition) is 1. The number of pyridine rings is 1. The van der Waals surface area contributed by atoms with Gasteiger partial charge in [0.1, 0.15) is 0 Å². The Bertz CT molecular complexity index is 406. The van der Waals surface area contributed by atoms with Gasteiger partial charge in [-0.05, 0) is 31.7 Å². The first-order valence-electron chi connectivity index (χ1n) is 6.26. The monoisotopic (exact) mass is 252 g/mol. The number of carbonyl (C=O) groups is 1. The van der Waals surface area contributed by atoms with E-state index in [4.69, 9.17) is 4.74 Å². The van der Waals surface area contributed by atoms with Gasteiger partial charge in [-0.3, -0.25) is 9.78 Å². The number of aromatic nitrogens is 1. The van der Waals surface area contributed by atoms with Crippen LogP contribution in [0.2, 0.25) is 0 Å². The molecule has 18 heavy (non-hydrogen) atoms. The van der Waals surface area contributed by atoms with Gasteiger partial charge in [0, 0.05) is 19.3 Å². The Morgan fingerprint density at radius 3 is 3.17 bits per heavy atom. The third-order valence-corrected chi connectivity index (χ3v) is 3.04. The predicted molar refractivity (Wildman–Crippen MR) is 64.7 cm³/mol. The molecule has 1 atom stereocenters. The lowest BCUT2D eigenvalue weighted by Gasteiger charge is -2.22. The van der Waals surface area contributed by atoms with Crippen LogP contribution in [0.3, 0.4) is 0 Å². The van der Waals surface area contributed by atoms with Crippen LogP contribution in [0.5, 0.6) is 0 Å². The molecular weight excluding hydrogens is 235 g/mol. The minimum Gasteiger partial charge on any atom is -0.378 e. The van der Waals surface area contributed by atoms with Crippen molar-refractivity contribution in [3.63, 3.8) is 0 Å². The molecular formula is C13H17FN2O2. The van der Waals surface area contributed by atoms with Gasteiger partial charge in [-0.25, -0.2) is 4.39 Å².